The van der Waals surface area contributed by atoms with Gasteiger partial charge in [0.2, 0.25) is 0 Å². The van der Waals surface area contributed by atoms with Crippen molar-refractivity contribution in [2.24, 2.45) is 7.05 Å². The second-order valence-corrected chi connectivity index (χ2v) is 12.5. The maximum Gasteiger partial charge on any atom is 0.121 e. The summed E-state index contributed by atoms with van der Waals surface area (Å²) >= 11 is 0. The Balaban J connectivity index is 1.39. The number of nitrogens with one attached hydrogen (secondary N) is 3. The van der Waals surface area contributed by atoms with Gasteiger partial charge in [-0.1, -0.05) is 60.7 Å². The minimum Gasteiger partial charge on any atom is -0.354 e. The van der Waals surface area contributed by atoms with Crippen LogP contribution in [0.5, 0.6) is 0 Å². The van der Waals surface area contributed by atoms with Gasteiger partial charge in [-0.05, 0) is 83.9 Å². The molecule has 0 spiro atoms. The molecule has 4 heteroatoms. The van der Waals surface area contributed by atoms with Crippen LogP contribution in [0, 0.1) is 11.8 Å². The SMILES string of the molecule is Cn1cc2cc1[C+](c1ccccc1)c1ccc([nH]1)/C(c1ccccc1)=c1/cc/c([nH]1)=C(\c1ccccc1)c1ccc([nH]1)[C+]2c1ccccc1. The molecule has 9 rings (SSSR count). The van der Waals surface area contributed by atoms with E-state index >= 15 is 0 Å². The molecule has 0 unspecified atom stereocenters. The summed E-state index contributed by atoms with van der Waals surface area (Å²) < 4.78 is 2.25. The summed E-state index contributed by atoms with van der Waals surface area (Å²) in [5.41, 5.74) is 13.3. The van der Waals surface area contributed by atoms with Crippen molar-refractivity contribution in [1.82, 2.24) is 19.5 Å². The quantitative estimate of drug-likeness (QED) is 0.166. The summed E-state index contributed by atoms with van der Waals surface area (Å²) in [6.45, 7) is 0. The highest BCUT2D eigenvalue weighted by molar-refractivity contribution is 5.80. The molecule has 0 atom stereocenters. The van der Waals surface area contributed by atoms with Gasteiger partial charge in [-0.15, -0.1) is 0 Å². The van der Waals surface area contributed by atoms with Crippen LogP contribution < -0.4 is 10.7 Å². The van der Waals surface area contributed by atoms with Crippen molar-refractivity contribution >= 4 is 11.1 Å². The molecule has 1 aliphatic rings. The lowest BCUT2D eigenvalue weighted by atomic mass is 9.88. The van der Waals surface area contributed by atoms with E-state index in [9.17, 15) is 0 Å². The summed E-state index contributed by atoms with van der Waals surface area (Å²) in [4.78, 5) is 11.6. The monoisotopic (exact) mass is 630 g/mol. The van der Waals surface area contributed by atoms with Gasteiger partial charge in [0.1, 0.15) is 23.0 Å². The molecule has 4 aromatic carbocycles. The summed E-state index contributed by atoms with van der Waals surface area (Å²) in [5, 5.41) is 2.09. The van der Waals surface area contributed by atoms with E-state index in [0.29, 0.717) is 0 Å². The number of nitrogens with zero attached hydrogens (tertiary/aromatic N) is 1. The number of benzene rings is 4. The first-order valence-corrected chi connectivity index (χ1v) is 16.7. The van der Waals surface area contributed by atoms with Crippen LogP contribution in [0.15, 0.2) is 170 Å². The van der Waals surface area contributed by atoms with E-state index < -0.39 is 0 Å². The van der Waals surface area contributed by atoms with Crippen molar-refractivity contribution in [3.8, 4) is 0 Å². The van der Waals surface area contributed by atoms with E-state index in [2.05, 4.69) is 197 Å². The minimum absolute atomic E-state index is 1.04. The van der Waals surface area contributed by atoms with Crippen LogP contribution in [-0.4, -0.2) is 19.5 Å². The summed E-state index contributed by atoms with van der Waals surface area (Å²) in [6.07, 6.45) is 2.25. The molecule has 0 fully saturated rings. The Labute approximate surface area is 285 Å². The van der Waals surface area contributed by atoms with Gasteiger partial charge in [-0.2, -0.15) is 0 Å². The molecular formula is C45H34N4+2. The first-order chi connectivity index (χ1) is 24.2. The number of aryl methyl sites for hydroxylation is 1. The molecule has 3 N–H and O–H groups in total. The maximum absolute atomic E-state index is 3.88. The largest absolute Gasteiger partial charge is 0.354 e. The third-order valence-electron chi connectivity index (χ3n) is 9.47. The van der Waals surface area contributed by atoms with Gasteiger partial charge < -0.3 is 19.5 Å². The fourth-order valence-corrected chi connectivity index (χ4v) is 7.26. The predicted octanol–water partition coefficient (Wildman–Crippen LogP) is 7.86. The summed E-state index contributed by atoms with van der Waals surface area (Å²) in [6, 6.07) is 58.2. The molecule has 8 aromatic rings. The smallest absolute Gasteiger partial charge is 0.121 e. The number of rotatable bonds is 4. The van der Waals surface area contributed by atoms with Gasteiger partial charge in [0.15, 0.2) is 0 Å². The van der Waals surface area contributed by atoms with Crippen molar-refractivity contribution in [2.75, 3.05) is 0 Å². The van der Waals surface area contributed by atoms with Crippen molar-refractivity contribution in [3.63, 3.8) is 0 Å². The zero-order valence-corrected chi connectivity index (χ0v) is 27.1. The third kappa shape index (κ3) is 5.11. The molecule has 4 nitrogen and oxygen atoms in total. The number of aromatic amines is 3. The zero-order chi connectivity index (χ0) is 32.7. The van der Waals surface area contributed by atoms with Crippen molar-refractivity contribution in [1.29, 1.82) is 0 Å². The minimum atomic E-state index is 1.04. The average molecular weight is 631 g/mol. The van der Waals surface area contributed by atoms with E-state index in [1.54, 1.807) is 0 Å². The van der Waals surface area contributed by atoms with Crippen LogP contribution in [-0.2, 0) is 7.05 Å². The van der Waals surface area contributed by atoms with Crippen LogP contribution in [0.1, 0.15) is 56.3 Å². The molecule has 0 amide bonds. The second-order valence-electron chi connectivity index (χ2n) is 12.5. The molecule has 0 aliphatic carbocycles. The van der Waals surface area contributed by atoms with Gasteiger partial charge in [-0.3, -0.25) is 0 Å². The van der Waals surface area contributed by atoms with Crippen molar-refractivity contribution in [3.05, 3.63) is 249 Å². The Bertz CT molecular complexity index is 2490. The fourth-order valence-electron chi connectivity index (χ4n) is 7.26. The number of hydrogen-bond acceptors (Lipinski definition) is 0. The highest BCUT2D eigenvalue weighted by atomic mass is 14.9. The van der Waals surface area contributed by atoms with E-state index in [4.69, 9.17) is 0 Å². The first kappa shape index (κ1) is 28.7. The molecule has 4 aromatic heterocycles. The van der Waals surface area contributed by atoms with E-state index in [-0.39, 0.29) is 0 Å². The highest BCUT2D eigenvalue weighted by Gasteiger charge is 2.33. The standard InChI is InChI=1S/C45H34N4/c1-49-29-34-28-41(49)45(33-20-12-5-13-21-33)40-27-26-39(48-40)44(32-18-10-4-11-19-32)38-25-24-37(47-38)43(31-16-8-3-9-17-31)36-23-22-35(46-36)42(34)30-14-6-2-7-15-30/h2-29,46-48H,1H3/q+2/b43-37-,44-38-. The van der Waals surface area contributed by atoms with Gasteiger partial charge in [0.25, 0.3) is 0 Å². The molecule has 232 valence electrons. The zero-order valence-electron chi connectivity index (χ0n) is 27.1. The summed E-state index contributed by atoms with van der Waals surface area (Å²) in [5.74, 6) is 2.30. The molecule has 0 saturated heterocycles. The van der Waals surface area contributed by atoms with Crippen LogP contribution >= 0.6 is 0 Å². The van der Waals surface area contributed by atoms with E-state index in [1.165, 1.54) is 0 Å². The number of hydrogen-bond donors (Lipinski definition) is 3. The third-order valence-corrected chi connectivity index (χ3v) is 9.47. The Morgan fingerprint density at radius 3 is 1.39 bits per heavy atom. The molecule has 8 bridgehead atoms. The number of aromatic nitrogens is 4. The Hall–Kier alpha value is -6.52. The molecule has 0 saturated carbocycles. The highest BCUT2D eigenvalue weighted by Crippen LogP contribution is 2.38. The van der Waals surface area contributed by atoms with Crippen molar-refractivity contribution < 1.29 is 0 Å². The normalized spacial score (nSPS) is 15.0. The fraction of sp³-hybridized carbons (Fsp3) is 0.0222. The van der Waals surface area contributed by atoms with Gasteiger partial charge in [0.05, 0.1) is 40.2 Å². The van der Waals surface area contributed by atoms with Crippen LogP contribution in [0.4, 0.5) is 0 Å². The lowest BCUT2D eigenvalue weighted by Crippen LogP contribution is -2.18. The van der Waals surface area contributed by atoms with Crippen molar-refractivity contribution in [2.45, 2.75) is 0 Å². The van der Waals surface area contributed by atoms with Crippen LogP contribution in [0.3, 0.4) is 0 Å². The molecule has 0 radical (unpaired) electrons. The Kier molecular flexibility index (Phi) is 6.98. The van der Waals surface area contributed by atoms with Gasteiger partial charge in [0, 0.05) is 59.2 Å². The number of H-pyrrole nitrogens is 3. The van der Waals surface area contributed by atoms with Gasteiger partial charge >= 0.3 is 0 Å². The molecular weight excluding hydrogens is 597 g/mol. The molecule has 49 heavy (non-hydrogen) atoms. The lowest BCUT2D eigenvalue weighted by molar-refractivity contribution is 0.864. The molecule has 1 aliphatic heterocycles. The Morgan fingerprint density at radius 1 is 0.429 bits per heavy atom. The van der Waals surface area contributed by atoms with E-state index in [0.717, 1.165) is 90.0 Å². The summed E-state index contributed by atoms with van der Waals surface area (Å²) in [7, 11) is 2.14. The second kappa shape index (κ2) is 11.9. The lowest BCUT2D eigenvalue weighted by Gasteiger charge is -2.12. The van der Waals surface area contributed by atoms with Crippen LogP contribution in [0.25, 0.3) is 11.1 Å². The van der Waals surface area contributed by atoms with Crippen LogP contribution in [0.2, 0.25) is 0 Å². The topological polar surface area (TPSA) is 52.3 Å². The predicted molar refractivity (Wildman–Crippen MR) is 197 cm³/mol. The Morgan fingerprint density at radius 2 is 0.878 bits per heavy atom. The van der Waals surface area contributed by atoms with Gasteiger partial charge in [-0.25, -0.2) is 0 Å². The van der Waals surface area contributed by atoms with E-state index in [1.807, 2.05) is 0 Å². The molecule has 5 heterocycles. The number of fused-ring (bicyclic) bond motifs is 8. The first-order valence-electron chi connectivity index (χ1n) is 16.7. The maximum atomic E-state index is 3.88. The average Bonchev–Trinajstić information content (AvgIpc) is 3.98.